The molecular weight excluding hydrogens is 130 g/mol. The van der Waals surface area contributed by atoms with E-state index in [0.717, 1.165) is 6.08 Å². The van der Waals surface area contributed by atoms with Crippen LogP contribution in [-0.2, 0) is 21.9 Å². The van der Waals surface area contributed by atoms with Crippen molar-refractivity contribution in [3.8, 4) is 0 Å². The molecule has 0 atom stereocenters. The summed E-state index contributed by atoms with van der Waals surface area (Å²) in [5.74, 6) is -0.481. The van der Waals surface area contributed by atoms with Crippen LogP contribution in [0, 0.1) is 0 Å². The van der Waals surface area contributed by atoms with Crippen molar-refractivity contribution >= 4 is 5.91 Å². The molecule has 0 spiro atoms. The van der Waals surface area contributed by atoms with E-state index >= 15 is 0 Å². The van der Waals surface area contributed by atoms with Crippen molar-refractivity contribution < 1.29 is 21.9 Å². The Labute approximate surface area is 46.9 Å². The van der Waals surface area contributed by atoms with Gasteiger partial charge in [0.15, 0.2) is 0 Å². The molecule has 0 saturated carbocycles. The van der Waals surface area contributed by atoms with Crippen LogP contribution in [0.5, 0.6) is 0 Å². The Kier molecular flexibility index (Phi) is 7.26. The SMILES string of the molecule is C=CC(N)=O.[Cu]. The number of carbonyl (C=O) groups is 1. The second-order valence-electron chi connectivity index (χ2n) is 0.606. The molecule has 2 N–H and O–H groups in total. The molecule has 0 fully saturated rings. The van der Waals surface area contributed by atoms with Crippen LogP contribution >= 0.6 is 0 Å². The summed E-state index contributed by atoms with van der Waals surface area (Å²) in [5, 5.41) is 0. The van der Waals surface area contributed by atoms with Gasteiger partial charge in [-0.2, -0.15) is 0 Å². The van der Waals surface area contributed by atoms with Crippen molar-refractivity contribution in [1.82, 2.24) is 0 Å². The zero-order valence-corrected chi connectivity index (χ0v) is 4.01. The van der Waals surface area contributed by atoms with E-state index in [1.807, 2.05) is 0 Å². The average molecular weight is 135 g/mol. The third kappa shape index (κ3) is 9.29. The molecule has 0 saturated heterocycles. The molecule has 2 nitrogen and oxygen atoms in total. The van der Waals surface area contributed by atoms with Crippen molar-refractivity contribution in [3.05, 3.63) is 12.7 Å². The van der Waals surface area contributed by atoms with Crippen LogP contribution in [0.15, 0.2) is 12.7 Å². The summed E-state index contributed by atoms with van der Waals surface area (Å²) in [6.45, 7) is 3.09. The maximum absolute atomic E-state index is 9.47. The molecule has 6 heavy (non-hydrogen) atoms. The molecule has 0 unspecified atom stereocenters. The van der Waals surface area contributed by atoms with Crippen LogP contribution in [0.1, 0.15) is 0 Å². The molecule has 0 aliphatic rings. The van der Waals surface area contributed by atoms with Crippen LogP contribution in [0.25, 0.3) is 0 Å². The maximum Gasteiger partial charge on any atom is 0.240 e. The Morgan fingerprint density at radius 2 is 2.00 bits per heavy atom. The predicted molar refractivity (Wildman–Crippen MR) is 19.4 cm³/mol. The fourth-order valence-corrected chi connectivity index (χ4v) is 0. The fraction of sp³-hybridized carbons (Fsp3) is 0. The van der Waals surface area contributed by atoms with Gasteiger partial charge in [-0.15, -0.1) is 0 Å². The molecule has 3 heteroatoms. The van der Waals surface area contributed by atoms with Gasteiger partial charge in [0.25, 0.3) is 0 Å². The topological polar surface area (TPSA) is 43.1 Å². The van der Waals surface area contributed by atoms with Gasteiger partial charge in [-0.25, -0.2) is 0 Å². The fourth-order valence-electron chi connectivity index (χ4n) is 0. The van der Waals surface area contributed by atoms with Crippen LogP contribution < -0.4 is 5.73 Å². The summed E-state index contributed by atoms with van der Waals surface area (Å²) in [6.07, 6.45) is 1.06. The quantitative estimate of drug-likeness (QED) is 0.387. The number of carbonyl (C=O) groups excluding carboxylic acids is 1. The Morgan fingerprint density at radius 1 is 1.83 bits per heavy atom. The maximum atomic E-state index is 9.47. The van der Waals surface area contributed by atoms with Gasteiger partial charge in [0.2, 0.25) is 5.91 Å². The molecule has 0 aliphatic heterocycles. The summed E-state index contributed by atoms with van der Waals surface area (Å²) < 4.78 is 0. The first-order chi connectivity index (χ1) is 2.27. The zero-order valence-electron chi connectivity index (χ0n) is 3.07. The normalized spacial score (nSPS) is 5.33. The van der Waals surface area contributed by atoms with E-state index in [4.69, 9.17) is 0 Å². The van der Waals surface area contributed by atoms with Gasteiger partial charge in [-0.1, -0.05) is 6.58 Å². The van der Waals surface area contributed by atoms with Crippen molar-refractivity contribution in [2.75, 3.05) is 0 Å². The smallest absolute Gasteiger partial charge is 0.240 e. The first kappa shape index (κ1) is 9.21. The predicted octanol–water partition coefficient (Wildman–Crippen LogP) is -0.345. The van der Waals surface area contributed by atoms with E-state index in [-0.39, 0.29) is 17.1 Å². The minimum atomic E-state index is -0.481. The second-order valence-corrected chi connectivity index (χ2v) is 0.606. The van der Waals surface area contributed by atoms with Crippen molar-refractivity contribution in [1.29, 1.82) is 0 Å². The monoisotopic (exact) mass is 134 g/mol. The standard InChI is InChI=1S/C3H5NO.Cu/c1-2-3(4)5;/h2H,1H2,(H2,4,5);. The van der Waals surface area contributed by atoms with Crippen molar-refractivity contribution in [2.45, 2.75) is 0 Å². The number of rotatable bonds is 1. The number of nitrogens with two attached hydrogens (primary N) is 1. The Hall–Kier alpha value is -0.271. The Morgan fingerprint density at radius 3 is 2.00 bits per heavy atom. The molecule has 1 amide bonds. The van der Waals surface area contributed by atoms with Gasteiger partial charge in [0.1, 0.15) is 0 Å². The molecule has 0 aromatic carbocycles. The van der Waals surface area contributed by atoms with E-state index < -0.39 is 5.91 Å². The Bertz CT molecular complexity index is 61.8. The van der Waals surface area contributed by atoms with Gasteiger partial charge in [0.05, 0.1) is 0 Å². The van der Waals surface area contributed by atoms with E-state index in [0.29, 0.717) is 0 Å². The molecule has 0 aliphatic carbocycles. The van der Waals surface area contributed by atoms with Gasteiger partial charge in [-0.3, -0.25) is 4.79 Å². The summed E-state index contributed by atoms with van der Waals surface area (Å²) in [4.78, 5) is 9.47. The first-order valence-corrected chi connectivity index (χ1v) is 1.19. The van der Waals surface area contributed by atoms with E-state index in [9.17, 15) is 4.79 Å². The summed E-state index contributed by atoms with van der Waals surface area (Å²) >= 11 is 0. The molecule has 39 valence electrons. The van der Waals surface area contributed by atoms with Crippen molar-refractivity contribution in [2.24, 2.45) is 5.73 Å². The van der Waals surface area contributed by atoms with Gasteiger partial charge < -0.3 is 5.73 Å². The average Bonchev–Trinajstić information content (AvgIpc) is 1.38. The molecule has 0 bridgehead atoms. The first-order valence-electron chi connectivity index (χ1n) is 1.19. The molecule has 1 radical (unpaired) electrons. The Balaban J connectivity index is 0. The van der Waals surface area contributed by atoms with Gasteiger partial charge in [-0.05, 0) is 6.08 Å². The minimum absolute atomic E-state index is 0. The molecule has 0 aromatic rings. The number of hydrogen-bond acceptors (Lipinski definition) is 1. The van der Waals surface area contributed by atoms with E-state index in [1.54, 1.807) is 0 Å². The number of primary amides is 1. The molecular formula is C3H5CuNO. The third-order valence-corrected chi connectivity index (χ3v) is 0.201. The van der Waals surface area contributed by atoms with Crippen LogP contribution in [0.2, 0.25) is 0 Å². The van der Waals surface area contributed by atoms with Gasteiger partial charge in [0, 0.05) is 17.1 Å². The summed E-state index contributed by atoms with van der Waals surface area (Å²) in [5.41, 5.74) is 4.53. The number of hydrogen-bond donors (Lipinski definition) is 1. The van der Waals surface area contributed by atoms with E-state index in [2.05, 4.69) is 12.3 Å². The molecule has 0 aromatic heterocycles. The zero-order chi connectivity index (χ0) is 4.28. The molecule has 0 rings (SSSR count). The largest absolute Gasteiger partial charge is 0.366 e. The van der Waals surface area contributed by atoms with Crippen molar-refractivity contribution in [3.63, 3.8) is 0 Å². The third-order valence-electron chi connectivity index (χ3n) is 0.201. The van der Waals surface area contributed by atoms with Crippen LogP contribution in [-0.4, -0.2) is 5.91 Å². The van der Waals surface area contributed by atoms with E-state index in [1.165, 1.54) is 0 Å². The number of amides is 1. The minimum Gasteiger partial charge on any atom is -0.366 e. The van der Waals surface area contributed by atoms with Gasteiger partial charge >= 0.3 is 0 Å². The van der Waals surface area contributed by atoms with Crippen LogP contribution in [0.3, 0.4) is 0 Å². The van der Waals surface area contributed by atoms with Crippen LogP contribution in [0.4, 0.5) is 0 Å². The second kappa shape index (κ2) is 4.73. The summed E-state index contributed by atoms with van der Waals surface area (Å²) in [7, 11) is 0. The summed E-state index contributed by atoms with van der Waals surface area (Å²) in [6, 6.07) is 0. The molecule has 0 heterocycles.